The van der Waals surface area contributed by atoms with Crippen LogP contribution in [0.5, 0.6) is 0 Å². The molecule has 0 radical (unpaired) electrons. The second-order valence-electron chi connectivity index (χ2n) is 6.35. The van der Waals surface area contributed by atoms with Crippen molar-refractivity contribution in [1.29, 1.82) is 0 Å². The van der Waals surface area contributed by atoms with Gasteiger partial charge in [-0.3, -0.25) is 14.2 Å². The van der Waals surface area contributed by atoms with Crippen molar-refractivity contribution >= 4 is 28.9 Å². The number of rotatable bonds is 8. The number of carbonyl (C=O) groups is 2. The van der Waals surface area contributed by atoms with Crippen LogP contribution in [-0.4, -0.2) is 21.6 Å². The van der Waals surface area contributed by atoms with Gasteiger partial charge in [-0.15, -0.1) is 0 Å². The quantitative estimate of drug-likeness (QED) is 0.695. The minimum Gasteiger partial charge on any atom is -0.481 e. The van der Waals surface area contributed by atoms with Crippen LogP contribution in [0.4, 0.5) is 0 Å². The lowest BCUT2D eigenvalue weighted by atomic mass is 10.0. The first-order valence-corrected chi connectivity index (χ1v) is 8.54. The molecular weight excluding hydrogens is 302 g/mol. The molecule has 1 unspecified atom stereocenters. The number of carbonyl (C=O) groups excluding carboxylic acids is 1. The SMILES string of the molecule is CCCC/C=C/c1ccc2c(ccn2C(=O)CC(C)CC(=O)O)c1. The first-order valence-electron chi connectivity index (χ1n) is 8.54. The van der Waals surface area contributed by atoms with Crippen LogP contribution in [0.3, 0.4) is 0 Å². The monoisotopic (exact) mass is 327 g/mol. The molecule has 2 rings (SSSR count). The van der Waals surface area contributed by atoms with E-state index in [4.69, 9.17) is 5.11 Å². The first kappa shape index (κ1) is 18.0. The molecule has 0 aliphatic rings. The van der Waals surface area contributed by atoms with Gasteiger partial charge in [0.05, 0.1) is 5.52 Å². The van der Waals surface area contributed by atoms with Gasteiger partial charge in [0.25, 0.3) is 0 Å². The molecule has 0 saturated carbocycles. The molecule has 1 aromatic carbocycles. The number of allylic oxidation sites excluding steroid dienone is 1. The van der Waals surface area contributed by atoms with Crippen LogP contribution in [-0.2, 0) is 4.79 Å². The highest BCUT2D eigenvalue weighted by atomic mass is 16.4. The van der Waals surface area contributed by atoms with E-state index in [2.05, 4.69) is 25.1 Å². The zero-order valence-corrected chi connectivity index (χ0v) is 14.4. The second kappa shape index (κ2) is 8.48. The smallest absolute Gasteiger partial charge is 0.303 e. The van der Waals surface area contributed by atoms with Crippen LogP contribution in [0.15, 0.2) is 36.5 Å². The Balaban J connectivity index is 2.11. The summed E-state index contributed by atoms with van der Waals surface area (Å²) < 4.78 is 1.62. The highest BCUT2D eigenvalue weighted by Gasteiger charge is 2.15. The topological polar surface area (TPSA) is 59.3 Å². The van der Waals surface area contributed by atoms with Crippen molar-refractivity contribution in [3.63, 3.8) is 0 Å². The Morgan fingerprint density at radius 2 is 2.04 bits per heavy atom. The third-order valence-corrected chi connectivity index (χ3v) is 4.06. The molecule has 1 heterocycles. The summed E-state index contributed by atoms with van der Waals surface area (Å²) in [4.78, 5) is 23.1. The minimum absolute atomic E-state index is 0.0116. The van der Waals surface area contributed by atoms with Gasteiger partial charge < -0.3 is 5.11 Å². The van der Waals surface area contributed by atoms with Crippen molar-refractivity contribution in [2.75, 3.05) is 0 Å². The zero-order valence-electron chi connectivity index (χ0n) is 14.4. The highest BCUT2D eigenvalue weighted by Crippen LogP contribution is 2.20. The molecule has 4 heteroatoms. The van der Waals surface area contributed by atoms with E-state index < -0.39 is 5.97 Å². The molecule has 128 valence electrons. The van der Waals surface area contributed by atoms with Crippen LogP contribution in [0.2, 0.25) is 0 Å². The van der Waals surface area contributed by atoms with Crippen molar-refractivity contribution in [3.8, 4) is 0 Å². The van der Waals surface area contributed by atoms with E-state index in [0.29, 0.717) is 0 Å². The molecule has 0 aliphatic heterocycles. The number of benzene rings is 1. The maximum atomic E-state index is 12.4. The average Bonchev–Trinajstić information content (AvgIpc) is 2.94. The number of aromatic nitrogens is 1. The Hall–Kier alpha value is -2.36. The lowest BCUT2D eigenvalue weighted by molar-refractivity contribution is -0.137. The van der Waals surface area contributed by atoms with Crippen molar-refractivity contribution in [2.45, 2.75) is 46.0 Å². The number of carboxylic acid groups (broad SMARTS) is 1. The van der Waals surface area contributed by atoms with Crippen LogP contribution < -0.4 is 0 Å². The average molecular weight is 327 g/mol. The molecule has 1 N–H and O–H groups in total. The van der Waals surface area contributed by atoms with Gasteiger partial charge in [0.1, 0.15) is 0 Å². The number of nitrogens with zero attached hydrogens (tertiary/aromatic N) is 1. The van der Waals surface area contributed by atoms with Crippen LogP contribution in [0.25, 0.3) is 17.0 Å². The van der Waals surface area contributed by atoms with E-state index in [0.717, 1.165) is 22.9 Å². The lowest BCUT2D eigenvalue weighted by Gasteiger charge is -2.09. The summed E-state index contributed by atoms with van der Waals surface area (Å²) >= 11 is 0. The third-order valence-electron chi connectivity index (χ3n) is 4.06. The largest absolute Gasteiger partial charge is 0.481 e. The molecule has 0 bridgehead atoms. The Labute approximate surface area is 142 Å². The summed E-state index contributed by atoms with van der Waals surface area (Å²) in [7, 11) is 0. The van der Waals surface area contributed by atoms with Crippen LogP contribution >= 0.6 is 0 Å². The predicted molar refractivity (Wildman–Crippen MR) is 97.2 cm³/mol. The fraction of sp³-hybridized carbons (Fsp3) is 0.400. The predicted octanol–water partition coefficient (Wildman–Crippen LogP) is 4.99. The molecular formula is C20H25NO3. The van der Waals surface area contributed by atoms with Gasteiger partial charge in [-0.1, -0.05) is 44.9 Å². The van der Waals surface area contributed by atoms with E-state index in [-0.39, 0.29) is 24.7 Å². The molecule has 1 aromatic heterocycles. The van der Waals surface area contributed by atoms with E-state index in [1.807, 2.05) is 18.2 Å². The van der Waals surface area contributed by atoms with Gasteiger partial charge in [-0.05, 0) is 36.1 Å². The molecule has 24 heavy (non-hydrogen) atoms. The molecule has 0 spiro atoms. The van der Waals surface area contributed by atoms with Crippen molar-refractivity contribution in [3.05, 3.63) is 42.1 Å². The van der Waals surface area contributed by atoms with Gasteiger partial charge in [0.15, 0.2) is 0 Å². The lowest BCUT2D eigenvalue weighted by Crippen LogP contribution is -2.15. The Morgan fingerprint density at radius 3 is 2.75 bits per heavy atom. The zero-order chi connectivity index (χ0) is 17.5. The summed E-state index contributed by atoms with van der Waals surface area (Å²) in [5.41, 5.74) is 2.00. The van der Waals surface area contributed by atoms with Crippen molar-refractivity contribution in [2.24, 2.45) is 5.92 Å². The number of carboxylic acids is 1. The normalized spacial score (nSPS) is 12.8. The van der Waals surface area contributed by atoms with Gasteiger partial charge >= 0.3 is 5.97 Å². The van der Waals surface area contributed by atoms with Crippen LogP contribution in [0, 0.1) is 5.92 Å². The van der Waals surface area contributed by atoms with Gasteiger partial charge in [-0.2, -0.15) is 0 Å². The Bertz CT molecular complexity index is 742. The van der Waals surface area contributed by atoms with Crippen molar-refractivity contribution < 1.29 is 14.7 Å². The molecule has 0 fully saturated rings. The minimum atomic E-state index is -0.868. The molecule has 0 aliphatic carbocycles. The first-order chi connectivity index (χ1) is 11.5. The number of fused-ring (bicyclic) bond motifs is 1. The number of hydrogen-bond donors (Lipinski definition) is 1. The van der Waals surface area contributed by atoms with E-state index in [1.54, 1.807) is 17.7 Å². The summed E-state index contributed by atoms with van der Waals surface area (Å²) in [5, 5.41) is 9.83. The standard InChI is InChI=1S/C20H25NO3/c1-3-4-5-6-7-16-8-9-18-17(14-16)10-11-21(18)19(22)12-15(2)13-20(23)24/h6-11,14-15H,3-5,12-13H2,1-2H3,(H,23,24)/b7-6+. The highest BCUT2D eigenvalue weighted by molar-refractivity contribution is 5.93. The summed E-state index contributed by atoms with van der Waals surface area (Å²) in [6, 6.07) is 7.96. The van der Waals surface area contributed by atoms with Gasteiger partial charge in [0.2, 0.25) is 5.91 Å². The second-order valence-corrected chi connectivity index (χ2v) is 6.35. The molecule has 2 aromatic rings. The maximum absolute atomic E-state index is 12.4. The van der Waals surface area contributed by atoms with E-state index in [1.165, 1.54) is 12.8 Å². The number of hydrogen-bond acceptors (Lipinski definition) is 2. The third kappa shape index (κ3) is 4.82. The Kier molecular flexibility index (Phi) is 6.36. The molecule has 4 nitrogen and oxygen atoms in total. The van der Waals surface area contributed by atoms with E-state index >= 15 is 0 Å². The van der Waals surface area contributed by atoms with Gasteiger partial charge in [0, 0.05) is 24.4 Å². The number of aliphatic carboxylic acids is 1. The Morgan fingerprint density at radius 1 is 1.25 bits per heavy atom. The van der Waals surface area contributed by atoms with Crippen molar-refractivity contribution in [1.82, 2.24) is 4.57 Å². The summed E-state index contributed by atoms with van der Waals surface area (Å²) in [6.07, 6.45) is 9.77. The fourth-order valence-electron chi connectivity index (χ4n) is 2.79. The molecule has 0 saturated heterocycles. The summed E-state index contributed by atoms with van der Waals surface area (Å²) in [6.45, 7) is 3.97. The molecule has 0 amide bonds. The fourth-order valence-corrected chi connectivity index (χ4v) is 2.79. The maximum Gasteiger partial charge on any atom is 0.303 e. The van der Waals surface area contributed by atoms with Gasteiger partial charge in [-0.25, -0.2) is 0 Å². The van der Waals surface area contributed by atoms with Crippen LogP contribution in [0.1, 0.15) is 56.3 Å². The number of unbranched alkanes of at least 4 members (excludes halogenated alkanes) is 2. The summed E-state index contributed by atoms with van der Waals surface area (Å²) in [5.74, 6) is -1.11. The van der Waals surface area contributed by atoms with E-state index in [9.17, 15) is 9.59 Å². The molecule has 1 atom stereocenters.